The zero-order chi connectivity index (χ0) is 36.1. The van der Waals surface area contributed by atoms with Crippen molar-refractivity contribution in [2.75, 3.05) is 0 Å². The van der Waals surface area contributed by atoms with E-state index in [0.29, 0.717) is 17.3 Å². The van der Waals surface area contributed by atoms with Gasteiger partial charge in [0.1, 0.15) is 23.1 Å². The van der Waals surface area contributed by atoms with Crippen molar-refractivity contribution in [3.05, 3.63) is 181 Å². The van der Waals surface area contributed by atoms with E-state index < -0.39 is 0 Å². The first-order chi connectivity index (χ1) is 25.9. The van der Waals surface area contributed by atoms with Gasteiger partial charge in [0.2, 0.25) is 0 Å². The van der Waals surface area contributed by atoms with Gasteiger partial charge in [-0.05, 0) is 96.1 Å². The number of benzene rings is 6. The Morgan fingerprint density at radius 2 is 1.21 bits per heavy atom. The number of para-hydroxylation sites is 1. The number of aromatic nitrogens is 4. The molecule has 6 aromatic carbocycles. The second-order valence-corrected chi connectivity index (χ2v) is 13.4. The van der Waals surface area contributed by atoms with E-state index in [-0.39, 0.29) is 5.82 Å². The molecule has 0 amide bonds. The van der Waals surface area contributed by atoms with Gasteiger partial charge in [-0.2, -0.15) is 5.10 Å². The molecule has 0 radical (unpaired) electrons. The summed E-state index contributed by atoms with van der Waals surface area (Å²) in [4.78, 5) is 4.50. The first kappa shape index (κ1) is 32.1. The average Bonchev–Trinajstić information content (AvgIpc) is 3.81. The van der Waals surface area contributed by atoms with E-state index in [1.807, 2.05) is 76.1 Å². The first-order valence-electron chi connectivity index (χ1n) is 17.7. The monoisotopic (exact) mass is 690 g/mol. The molecule has 0 aliphatic rings. The molecule has 0 bridgehead atoms. The standard InChI is InChI=1S/C47H35FN4O/c1-30-31(2)45(33-13-6-4-7-14-33)47(46(32(30)3)34-15-8-5-9-16-34)35-28-50-51(29-35)37-17-12-18-38(26-37)53-39-21-22-41-40-19-10-11-20-42(40)52(43(41)27-39)44-25-36(48)23-24-49-44/h4-29H,1-3H3. The molecular weight excluding hydrogens is 656 g/mol. The Labute approximate surface area is 307 Å². The van der Waals surface area contributed by atoms with E-state index in [1.54, 1.807) is 0 Å². The maximum atomic E-state index is 14.4. The minimum absolute atomic E-state index is 0.341. The number of nitrogens with zero attached hydrogens (tertiary/aromatic N) is 4. The lowest BCUT2D eigenvalue weighted by Crippen LogP contribution is -2.00. The Hall–Kier alpha value is -6.79. The Morgan fingerprint density at radius 1 is 0.547 bits per heavy atom. The minimum Gasteiger partial charge on any atom is -0.457 e. The van der Waals surface area contributed by atoms with Crippen LogP contribution in [0.25, 0.3) is 66.7 Å². The van der Waals surface area contributed by atoms with Crippen LogP contribution in [0.2, 0.25) is 0 Å². The summed E-state index contributed by atoms with van der Waals surface area (Å²) in [5.41, 5.74) is 13.5. The molecule has 0 saturated carbocycles. The van der Waals surface area contributed by atoms with Crippen LogP contribution in [0.4, 0.5) is 4.39 Å². The molecule has 0 unspecified atom stereocenters. The molecule has 5 nitrogen and oxygen atoms in total. The topological polar surface area (TPSA) is 44.9 Å². The van der Waals surface area contributed by atoms with Crippen LogP contribution in [0, 0.1) is 26.6 Å². The van der Waals surface area contributed by atoms with Crippen LogP contribution in [-0.2, 0) is 0 Å². The summed E-state index contributed by atoms with van der Waals surface area (Å²) in [6, 6.07) is 46.1. The van der Waals surface area contributed by atoms with Crippen molar-refractivity contribution in [1.82, 2.24) is 19.3 Å². The summed E-state index contributed by atoms with van der Waals surface area (Å²) in [5.74, 6) is 1.49. The number of halogens is 1. The van der Waals surface area contributed by atoms with Crippen molar-refractivity contribution >= 4 is 21.8 Å². The number of hydrogen-bond acceptors (Lipinski definition) is 3. The highest BCUT2D eigenvalue weighted by Crippen LogP contribution is 2.46. The van der Waals surface area contributed by atoms with Crippen molar-refractivity contribution < 1.29 is 9.13 Å². The molecule has 9 rings (SSSR count). The van der Waals surface area contributed by atoms with E-state index >= 15 is 0 Å². The van der Waals surface area contributed by atoms with Crippen LogP contribution >= 0.6 is 0 Å². The summed E-state index contributed by atoms with van der Waals surface area (Å²) in [6.45, 7) is 6.66. The van der Waals surface area contributed by atoms with Crippen LogP contribution in [-0.4, -0.2) is 19.3 Å². The Balaban J connectivity index is 1.12. The van der Waals surface area contributed by atoms with Crippen LogP contribution in [0.1, 0.15) is 16.7 Å². The molecule has 6 heteroatoms. The van der Waals surface area contributed by atoms with E-state index in [4.69, 9.17) is 9.84 Å². The summed E-state index contributed by atoms with van der Waals surface area (Å²) in [5, 5.41) is 6.99. The predicted octanol–water partition coefficient (Wildman–Crippen LogP) is 12.2. The largest absolute Gasteiger partial charge is 0.457 e. The molecule has 0 spiro atoms. The summed E-state index contributed by atoms with van der Waals surface area (Å²) >= 11 is 0. The molecular formula is C47H35FN4O. The first-order valence-corrected chi connectivity index (χ1v) is 17.7. The van der Waals surface area contributed by atoms with Crippen LogP contribution in [0.3, 0.4) is 0 Å². The molecule has 256 valence electrons. The van der Waals surface area contributed by atoms with E-state index in [1.165, 1.54) is 57.3 Å². The van der Waals surface area contributed by atoms with Gasteiger partial charge in [-0.25, -0.2) is 14.1 Å². The fourth-order valence-corrected chi connectivity index (χ4v) is 7.57. The summed E-state index contributed by atoms with van der Waals surface area (Å²) < 4.78 is 24.7. The number of fused-ring (bicyclic) bond motifs is 3. The number of pyridine rings is 1. The third kappa shape index (κ3) is 5.65. The van der Waals surface area contributed by atoms with Gasteiger partial charge in [-0.1, -0.05) is 84.9 Å². The van der Waals surface area contributed by atoms with Gasteiger partial charge in [0.05, 0.1) is 22.9 Å². The second-order valence-electron chi connectivity index (χ2n) is 13.4. The lowest BCUT2D eigenvalue weighted by Gasteiger charge is -2.23. The van der Waals surface area contributed by atoms with E-state index in [0.717, 1.165) is 38.6 Å². The highest BCUT2D eigenvalue weighted by molar-refractivity contribution is 6.09. The van der Waals surface area contributed by atoms with Crippen molar-refractivity contribution in [3.8, 4) is 56.4 Å². The quantitative estimate of drug-likeness (QED) is 0.167. The molecule has 53 heavy (non-hydrogen) atoms. The SMILES string of the molecule is Cc1c(C)c(-c2ccccc2)c(-c2cnn(-c3cccc(Oc4ccc5c6ccccc6n(-c6cc(F)ccn6)c5c4)c3)c2)c(-c2ccccc2)c1C. The average molecular weight is 691 g/mol. The third-order valence-electron chi connectivity index (χ3n) is 10.3. The Kier molecular flexibility index (Phi) is 7.93. The third-order valence-corrected chi connectivity index (χ3v) is 10.3. The van der Waals surface area contributed by atoms with Crippen LogP contribution < -0.4 is 4.74 Å². The van der Waals surface area contributed by atoms with Crippen molar-refractivity contribution in [2.45, 2.75) is 20.8 Å². The maximum absolute atomic E-state index is 14.4. The molecule has 3 heterocycles. The van der Waals surface area contributed by atoms with Gasteiger partial charge in [0.25, 0.3) is 0 Å². The molecule has 0 N–H and O–H groups in total. The van der Waals surface area contributed by atoms with Crippen molar-refractivity contribution in [3.63, 3.8) is 0 Å². The molecule has 0 atom stereocenters. The summed E-state index contributed by atoms with van der Waals surface area (Å²) in [7, 11) is 0. The van der Waals surface area contributed by atoms with Gasteiger partial charge < -0.3 is 4.74 Å². The molecule has 0 aliphatic carbocycles. The zero-order valence-corrected chi connectivity index (χ0v) is 29.6. The lowest BCUT2D eigenvalue weighted by atomic mass is 9.81. The smallest absolute Gasteiger partial charge is 0.140 e. The Bertz CT molecular complexity index is 2730. The maximum Gasteiger partial charge on any atom is 0.140 e. The molecule has 0 aliphatic heterocycles. The van der Waals surface area contributed by atoms with E-state index in [2.05, 4.69) is 98.7 Å². The lowest BCUT2D eigenvalue weighted by molar-refractivity contribution is 0.483. The number of hydrogen-bond donors (Lipinski definition) is 0. The molecule has 3 aromatic heterocycles. The minimum atomic E-state index is -0.341. The fraction of sp³-hybridized carbons (Fsp3) is 0.0638. The Morgan fingerprint density at radius 3 is 1.92 bits per heavy atom. The fourth-order valence-electron chi connectivity index (χ4n) is 7.57. The number of ether oxygens (including phenoxy) is 1. The van der Waals surface area contributed by atoms with Crippen LogP contribution in [0.5, 0.6) is 11.5 Å². The van der Waals surface area contributed by atoms with Gasteiger partial charge >= 0.3 is 0 Å². The highest BCUT2D eigenvalue weighted by Gasteiger charge is 2.23. The predicted molar refractivity (Wildman–Crippen MR) is 213 cm³/mol. The van der Waals surface area contributed by atoms with E-state index in [9.17, 15) is 4.39 Å². The van der Waals surface area contributed by atoms with Crippen molar-refractivity contribution in [1.29, 1.82) is 0 Å². The molecule has 0 fully saturated rings. The summed E-state index contributed by atoms with van der Waals surface area (Å²) in [6.07, 6.45) is 5.56. The van der Waals surface area contributed by atoms with Gasteiger partial charge in [-0.15, -0.1) is 0 Å². The van der Waals surface area contributed by atoms with Crippen molar-refractivity contribution in [2.24, 2.45) is 0 Å². The van der Waals surface area contributed by atoms with Gasteiger partial charge in [-0.3, -0.25) is 4.57 Å². The zero-order valence-electron chi connectivity index (χ0n) is 29.6. The highest BCUT2D eigenvalue weighted by atomic mass is 19.1. The second kappa shape index (κ2) is 13.1. The molecule has 0 saturated heterocycles. The normalized spacial score (nSPS) is 11.4. The van der Waals surface area contributed by atoms with Gasteiger partial charge in [0, 0.05) is 52.5 Å². The van der Waals surface area contributed by atoms with Crippen LogP contribution in [0.15, 0.2) is 158 Å². The molecule has 9 aromatic rings. The number of rotatable bonds is 7. The van der Waals surface area contributed by atoms with Gasteiger partial charge in [0.15, 0.2) is 0 Å².